The second-order valence-corrected chi connectivity index (χ2v) is 6.99. The highest BCUT2D eigenvalue weighted by atomic mass is 35.5. The molecule has 1 amide bonds. The third kappa shape index (κ3) is 4.31. The largest absolute Gasteiger partial charge is 0.380 e. The van der Waals surface area contributed by atoms with Crippen molar-refractivity contribution in [3.05, 3.63) is 105 Å². The molecule has 0 aliphatic rings. The zero-order chi connectivity index (χ0) is 20.2. The van der Waals surface area contributed by atoms with E-state index >= 15 is 0 Å². The molecule has 0 atom stereocenters. The lowest BCUT2D eigenvalue weighted by Crippen LogP contribution is -2.23. The van der Waals surface area contributed by atoms with Crippen LogP contribution in [0.25, 0.3) is 10.9 Å². The highest BCUT2D eigenvalue weighted by Crippen LogP contribution is 2.26. The van der Waals surface area contributed by atoms with Crippen LogP contribution in [0.4, 0.5) is 11.4 Å². The maximum atomic E-state index is 12.6. The molecule has 0 bridgehead atoms. The van der Waals surface area contributed by atoms with E-state index in [1.807, 2.05) is 48.5 Å². The van der Waals surface area contributed by atoms with Crippen LogP contribution >= 0.6 is 11.6 Å². The summed E-state index contributed by atoms with van der Waals surface area (Å²) in [5, 5.41) is 7.27. The van der Waals surface area contributed by atoms with E-state index in [0.717, 1.165) is 16.6 Å². The molecule has 144 valence electrons. The number of benzene rings is 3. The van der Waals surface area contributed by atoms with Crippen molar-refractivity contribution in [3.63, 3.8) is 0 Å². The van der Waals surface area contributed by atoms with Crippen molar-refractivity contribution in [1.82, 2.24) is 4.98 Å². The van der Waals surface area contributed by atoms with Gasteiger partial charge < -0.3 is 15.6 Å². The molecule has 0 fully saturated rings. The number of rotatable bonds is 5. The maximum absolute atomic E-state index is 12.6. The van der Waals surface area contributed by atoms with Crippen LogP contribution in [0.5, 0.6) is 0 Å². The molecule has 4 rings (SSSR count). The Balaban J connectivity index is 1.49. The first-order chi connectivity index (χ1) is 14.1. The van der Waals surface area contributed by atoms with E-state index in [1.54, 1.807) is 30.3 Å². The number of pyridine rings is 1. The minimum Gasteiger partial charge on any atom is -0.380 e. The molecule has 3 aromatic carbocycles. The smallest absolute Gasteiger partial charge is 0.261 e. The molecule has 0 spiro atoms. The predicted octanol–water partition coefficient (Wildman–Crippen LogP) is 5.05. The number of para-hydroxylation sites is 1. The number of halogens is 1. The zero-order valence-corrected chi connectivity index (χ0v) is 16.2. The van der Waals surface area contributed by atoms with Crippen molar-refractivity contribution in [2.75, 3.05) is 10.6 Å². The number of carbonyl (C=O) groups excluding carboxylic acids is 1. The van der Waals surface area contributed by atoms with Gasteiger partial charge in [0, 0.05) is 17.7 Å². The van der Waals surface area contributed by atoms with Crippen LogP contribution in [0.3, 0.4) is 0 Å². The van der Waals surface area contributed by atoms with Crippen LogP contribution in [0.1, 0.15) is 15.9 Å². The van der Waals surface area contributed by atoms with E-state index in [9.17, 15) is 9.59 Å². The Morgan fingerprint density at radius 3 is 2.48 bits per heavy atom. The van der Waals surface area contributed by atoms with Gasteiger partial charge in [-0.1, -0.05) is 60.1 Å². The summed E-state index contributed by atoms with van der Waals surface area (Å²) >= 11 is 6.35. The first kappa shape index (κ1) is 18.8. The number of aromatic nitrogens is 1. The van der Waals surface area contributed by atoms with Crippen molar-refractivity contribution >= 4 is 39.8 Å². The van der Waals surface area contributed by atoms with Gasteiger partial charge in [0.25, 0.3) is 11.5 Å². The molecule has 0 saturated carbocycles. The fraction of sp³-hybridized carbons (Fsp3) is 0.0435. The number of hydrogen-bond acceptors (Lipinski definition) is 3. The van der Waals surface area contributed by atoms with Crippen LogP contribution in [0.2, 0.25) is 5.02 Å². The normalized spacial score (nSPS) is 10.7. The van der Waals surface area contributed by atoms with Gasteiger partial charge in [0.05, 0.1) is 10.7 Å². The Bertz CT molecular complexity index is 1240. The summed E-state index contributed by atoms with van der Waals surface area (Å²) in [6.45, 7) is 0.638. The van der Waals surface area contributed by atoms with Gasteiger partial charge in [0.15, 0.2) is 0 Å². The highest BCUT2D eigenvalue weighted by Gasteiger charge is 2.13. The molecule has 5 nitrogen and oxygen atoms in total. The van der Waals surface area contributed by atoms with Crippen LogP contribution in [-0.2, 0) is 6.54 Å². The van der Waals surface area contributed by atoms with Crippen molar-refractivity contribution in [2.45, 2.75) is 6.54 Å². The topological polar surface area (TPSA) is 74.0 Å². The molecule has 0 saturated heterocycles. The van der Waals surface area contributed by atoms with Gasteiger partial charge in [-0.25, -0.2) is 0 Å². The third-order valence-electron chi connectivity index (χ3n) is 4.55. The highest BCUT2D eigenvalue weighted by molar-refractivity contribution is 6.33. The van der Waals surface area contributed by atoms with E-state index in [1.165, 1.54) is 0 Å². The van der Waals surface area contributed by atoms with Crippen LogP contribution in [0, 0.1) is 0 Å². The molecule has 3 N–H and O–H groups in total. The molecule has 6 heteroatoms. The number of H-pyrrole nitrogens is 1. The van der Waals surface area contributed by atoms with E-state index in [-0.39, 0.29) is 5.56 Å². The number of aromatic amines is 1. The standard InChI is InChI=1S/C23H18ClN3O2/c24-19-13-17(10-11-21(19)25-14-15-6-2-1-3-7-15)26-22(28)18-12-16-8-4-5-9-20(16)27-23(18)29/h1-13,25H,14H2,(H,26,28)(H,27,29). The lowest BCUT2D eigenvalue weighted by atomic mass is 10.1. The second kappa shape index (κ2) is 8.20. The molecular formula is C23H18ClN3O2. The Hall–Kier alpha value is -3.57. The average molecular weight is 404 g/mol. The van der Waals surface area contributed by atoms with Gasteiger partial charge in [-0.05, 0) is 41.3 Å². The molecule has 29 heavy (non-hydrogen) atoms. The number of hydrogen-bond donors (Lipinski definition) is 3. The van der Waals surface area contributed by atoms with Crippen LogP contribution in [-0.4, -0.2) is 10.9 Å². The Labute approximate surface area is 172 Å². The first-order valence-corrected chi connectivity index (χ1v) is 9.49. The van der Waals surface area contributed by atoms with Gasteiger partial charge in [-0.2, -0.15) is 0 Å². The van der Waals surface area contributed by atoms with E-state index in [4.69, 9.17) is 11.6 Å². The van der Waals surface area contributed by atoms with Crippen molar-refractivity contribution in [3.8, 4) is 0 Å². The number of amides is 1. The first-order valence-electron chi connectivity index (χ1n) is 9.11. The molecule has 1 aromatic heterocycles. The summed E-state index contributed by atoms with van der Waals surface area (Å²) in [4.78, 5) is 27.6. The van der Waals surface area contributed by atoms with Crippen LogP contribution < -0.4 is 16.2 Å². The number of anilines is 2. The van der Waals surface area contributed by atoms with Gasteiger partial charge >= 0.3 is 0 Å². The molecule has 4 aromatic rings. The molecule has 1 heterocycles. The summed E-state index contributed by atoms with van der Waals surface area (Å²) < 4.78 is 0. The van der Waals surface area contributed by atoms with Crippen molar-refractivity contribution in [2.24, 2.45) is 0 Å². The SMILES string of the molecule is O=C(Nc1ccc(NCc2ccccc2)c(Cl)c1)c1cc2ccccc2[nH]c1=O. The van der Waals surface area contributed by atoms with Gasteiger partial charge in [0.1, 0.15) is 5.56 Å². The molecular weight excluding hydrogens is 386 g/mol. The van der Waals surface area contributed by atoms with E-state index in [2.05, 4.69) is 15.6 Å². The Kier molecular flexibility index (Phi) is 5.31. The Morgan fingerprint density at radius 1 is 0.931 bits per heavy atom. The molecule has 0 unspecified atom stereocenters. The second-order valence-electron chi connectivity index (χ2n) is 6.59. The van der Waals surface area contributed by atoms with Gasteiger partial charge in [0.2, 0.25) is 0 Å². The molecule has 0 aliphatic heterocycles. The summed E-state index contributed by atoms with van der Waals surface area (Å²) in [5.41, 5.74) is 2.71. The quantitative estimate of drug-likeness (QED) is 0.436. The van der Waals surface area contributed by atoms with E-state index < -0.39 is 11.5 Å². The third-order valence-corrected chi connectivity index (χ3v) is 4.86. The number of fused-ring (bicyclic) bond motifs is 1. The number of nitrogens with one attached hydrogen (secondary N) is 3. The Morgan fingerprint density at radius 2 is 1.69 bits per heavy atom. The molecule has 0 radical (unpaired) electrons. The zero-order valence-electron chi connectivity index (χ0n) is 15.4. The fourth-order valence-electron chi connectivity index (χ4n) is 3.04. The minimum absolute atomic E-state index is 0.0473. The van der Waals surface area contributed by atoms with E-state index in [0.29, 0.717) is 22.8 Å². The molecule has 0 aliphatic carbocycles. The lowest BCUT2D eigenvalue weighted by Gasteiger charge is -2.11. The van der Waals surface area contributed by atoms with Gasteiger partial charge in [-0.3, -0.25) is 9.59 Å². The fourth-order valence-corrected chi connectivity index (χ4v) is 3.29. The number of carbonyl (C=O) groups is 1. The lowest BCUT2D eigenvalue weighted by molar-refractivity contribution is 0.102. The minimum atomic E-state index is -0.488. The summed E-state index contributed by atoms with van der Waals surface area (Å²) in [6, 6.07) is 24.1. The monoisotopic (exact) mass is 403 g/mol. The predicted molar refractivity (Wildman–Crippen MR) is 118 cm³/mol. The van der Waals surface area contributed by atoms with Crippen molar-refractivity contribution in [1.29, 1.82) is 0 Å². The van der Waals surface area contributed by atoms with Crippen molar-refractivity contribution < 1.29 is 4.79 Å². The summed E-state index contributed by atoms with van der Waals surface area (Å²) in [5.74, 6) is -0.488. The average Bonchev–Trinajstić information content (AvgIpc) is 2.73. The maximum Gasteiger partial charge on any atom is 0.261 e. The van der Waals surface area contributed by atoms with Crippen LogP contribution in [0.15, 0.2) is 83.7 Å². The summed E-state index contributed by atoms with van der Waals surface area (Å²) in [6.07, 6.45) is 0. The summed E-state index contributed by atoms with van der Waals surface area (Å²) in [7, 11) is 0. The van der Waals surface area contributed by atoms with Gasteiger partial charge in [-0.15, -0.1) is 0 Å².